The molecule has 0 amide bonds. The molecule has 2 aliphatic rings. The zero-order valence-corrected chi connectivity index (χ0v) is 7.01. The highest BCUT2D eigenvalue weighted by molar-refractivity contribution is 5.53. The SMILES string of the molecule is CCC1=C[N+]2=CCCC2CN1. The molecule has 0 aromatic rings. The first-order valence-electron chi connectivity index (χ1n) is 4.45. The van der Waals surface area contributed by atoms with Gasteiger partial charge in [0.25, 0.3) is 0 Å². The topological polar surface area (TPSA) is 15.0 Å². The molecule has 0 aliphatic carbocycles. The van der Waals surface area contributed by atoms with Crippen LogP contribution in [0, 0.1) is 0 Å². The summed E-state index contributed by atoms with van der Waals surface area (Å²) < 4.78 is 2.37. The maximum Gasteiger partial charge on any atom is 0.187 e. The summed E-state index contributed by atoms with van der Waals surface area (Å²) in [6, 6.07) is 0.741. The van der Waals surface area contributed by atoms with Crippen LogP contribution in [0.25, 0.3) is 0 Å². The third-order valence-electron chi connectivity index (χ3n) is 2.51. The molecule has 0 bridgehead atoms. The Morgan fingerprint density at radius 1 is 1.73 bits per heavy atom. The van der Waals surface area contributed by atoms with E-state index in [4.69, 9.17) is 0 Å². The fraction of sp³-hybridized carbons (Fsp3) is 0.667. The minimum atomic E-state index is 0.741. The van der Waals surface area contributed by atoms with Crippen molar-refractivity contribution in [2.75, 3.05) is 6.54 Å². The molecule has 60 valence electrons. The number of nitrogens with zero attached hydrogens (tertiary/aromatic N) is 1. The summed E-state index contributed by atoms with van der Waals surface area (Å²) in [4.78, 5) is 0. The van der Waals surface area contributed by atoms with Gasteiger partial charge in [-0.05, 0) is 6.42 Å². The molecular weight excluding hydrogens is 136 g/mol. The first-order chi connectivity index (χ1) is 5.40. The first-order valence-corrected chi connectivity index (χ1v) is 4.45. The van der Waals surface area contributed by atoms with Crippen LogP contribution in [0.4, 0.5) is 0 Å². The van der Waals surface area contributed by atoms with E-state index < -0.39 is 0 Å². The first kappa shape index (κ1) is 6.89. The van der Waals surface area contributed by atoms with Crippen LogP contribution in [0.5, 0.6) is 0 Å². The van der Waals surface area contributed by atoms with Crippen molar-refractivity contribution in [2.24, 2.45) is 0 Å². The summed E-state index contributed by atoms with van der Waals surface area (Å²) in [6.45, 7) is 3.32. The van der Waals surface area contributed by atoms with Crippen molar-refractivity contribution in [2.45, 2.75) is 32.2 Å². The zero-order valence-electron chi connectivity index (χ0n) is 7.01. The highest BCUT2D eigenvalue weighted by atomic mass is 15.1. The van der Waals surface area contributed by atoms with Gasteiger partial charge in [0.1, 0.15) is 6.21 Å². The van der Waals surface area contributed by atoms with E-state index in [1.54, 1.807) is 0 Å². The van der Waals surface area contributed by atoms with Gasteiger partial charge >= 0.3 is 0 Å². The molecule has 0 aromatic carbocycles. The van der Waals surface area contributed by atoms with Gasteiger partial charge in [-0.2, -0.15) is 0 Å². The van der Waals surface area contributed by atoms with Crippen molar-refractivity contribution in [1.82, 2.24) is 5.32 Å². The van der Waals surface area contributed by atoms with Gasteiger partial charge in [-0.25, -0.2) is 4.58 Å². The monoisotopic (exact) mass is 151 g/mol. The normalized spacial score (nSPS) is 28.6. The molecule has 0 saturated carbocycles. The van der Waals surface area contributed by atoms with Crippen molar-refractivity contribution in [1.29, 1.82) is 0 Å². The molecular formula is C9H15N2+. The van der Waals surface area contributed by atoms with E-state index in [1.807, 2.05) is 0 Å². The highest BCUT2D eigenvalue weighted by Crippen LogP contribution is 2.14. The predicted molar refractivity (Wildman–Crippen MR) is 45.7 cm³/mol. The lowest BCUT2D eigenvalue weighted by atomic mass is 10.2. The third kappa shape index (κ3) is 1.17. The summed E-state index contributed by atoms with van der Waals surface area (Å²) in [6.07, 6.45) is 8.25. The summed E-state index contributed by atoms with van der Waals surface area (Å²) >= 11 is 0. The summed E-state index contributed by atoms with van der Waals surface area (Å²) in [7, 11) is 0. The van der Waals surface area contributed by atoms with Crippen molar-refractivity contribution in [3.8, 4) is 0 Å². The lowest BCUT2D eigenvalue weighted by Gasteiger charge is -2.16. The minimum absolute atomic E-state index is 0.741. The number of fused-ring (bicyclic) bond motifs is 1. The second kappa shape index (κ2) is 2.68. The standard InChI is InChI=1S/C9H15N2/c1-2-8-7-11-5-3-4-9(11)6-10-8/h5,7,9-10H,2-4,6H2,1H3/q+1. The molecule has 11 heavy (non-hydrogen) atoms. The second-order valence-electron chi connectivity index (χ2n) is 3.25. The molecule has 2 aliphatic heterocycles. The Bertz CT molecular complexity index is 216. The lowest BCUT2D eigenvalue weighted by Crippen LogP contribution is -2.36. The average molecular weight is 151 g/mol. The van der Waals surface area contributed by atoms with E-state index in [1.165, 1.54) is 18.5 Å². The predicted octanol–water partition coefficient (Wildman–Crippen LogP) is 1.09. The molecule has 2 heterocycles. The van der Waals surface area contributed by atoms with Gasteiger partial charge in [-0.1, -0.05) is 6.92 Å². The summed E-state index contributed by atoms with van der Waals surface area (Å²) in [5.74, 6) is 0. The van der Waals surface area contributed by atoms with Crippen molar-refractivity contribution >= 4 is 6.21 Å². The van der Waals surface area contributed by atoms with E-state index in [9.17, 15) is 0 Å². The van der Waals surface area contributed by atoms with Crippen molar-refractivity contribution in [3.05, 3.63) is 11.9 Å². The van der Waals surface area contributed by atoms with E-state index in [-0.39, 0.29) is 0 Å². The van der Waals surface area contributed by atoms with E-state index in [0.29, 0.717) is 0 Å². The van der Waals surface area contributed by atoms with Gasteiger partial charge in [0, 0.05) is 12.8 Å². The molecule has 2 rings (SSSR count). The number of hydrogen-bond acceptors (Lipinski definition) is 1. The Hall–Kier alpha value is -0.790. The van der Waals surface area contributed by atoms with Gasteiger partial charge in [0.15, 0.2) is 12.2 Å². The smallest absolute Gasteiger partial charge is 0.187 e. The van der Waals surface area contributed by atoms with Crippen LogP contribution in [-0.4, -0.2) is 23.4 Å². The van der Waals surface area contributed by atoms with Crippen LogP contribution in [0.3, 0.4) is 0 Å². The molecule has 1 atom stereocenters. The average Bonchev–Trinajstić information content (AvgIpc) is 2.50. The van der Waals surface area contributed by atoms with Crippen LogP contribution in [0.1, 0.15) is 26.2 Å². The van der Waals surface area contributed by atoms with Crippen LogP contribution in [-0.2, 0) is 0 Å². The van der Waals surface area contributed by atoms with Gasteiger partial charge in [-0.3, -0.25) is 0 Å². The largest absolute Gasteiger partial charge is 0.377 e. The van der Waals surface area contributed by atoms with E-state index in [2.05, 4.69) is 29.2 Å². The van der Waals surface area contributed by atoms with Gasteiger partial charge < -0.3 is 5.32 Å². The van der Waals surface area contributed by atoms with Gasteiger partial charge in [-0.15, -0.1) is 0 Å². The van der Waals surface area contributed by atoms with Gasteiger partial charge in [0.2, 0.25) is 0 Å². The Balaban J connectivity index is 2.19. The molecule has 2 heteroatoms. The maximum absolute atomic E-state index is 3.44. The molecule has 1 N–H and O–H groups in total. The highest BCUT2D eigenvalue weighted by Gasteiger charge is 2.28. The Kier molecular flexibility index (Phi) is 1.68. The number of nitrogens with one attached hydrogen (secondary N) is 1. The van der Waals surface area contributed by atoms with E-state index >= 15 is 0 Å². The number of rotatable bonds is 1. The Morgan fingerprint density at radius 2 is 2.64 bits per heavy atom. The van der Waals surface area contributed by atoms with Crippen LogP contribution in [0.15, 0.2) is 11.9 Å². The fourth-order valence-corrected chi connectivity index (χ4v) is 1.77. The molecule has 0 fully saturated rings. The molecule has 1 unspecified atom stereocenters. The van der Waals surface area contributed by atoms with E-state index in [0.717, 1.165) is 19.0 Å². The molecule has 2 nitrogen and oxygen atoms in total. The second-order valence-corrected chi connectivity index (χ2v) is 3.25. The van der Waals surface area contributed by atoms with Crippen LogP contribution >= 0.6 is 0 Å². The van der Waals surface area contributed by atoms with Gasteiger partial charge in [0.05, 0.1) is 12.2 Å². The molecule has 0 spiro atoms. The van der Waals surface area contributed by atoms with Crippen molar-refractivity contribution in [3.63, 3.8) is 0 Å². The minimum Gasteiger partial charge on any atom is -0.377 e. The fourth-order valence-electron chi connectivity index (χ4n) is 1.77. The molecule has 0 saturated heterocycles. The summed E-state index contributed by atoms with van der Waals surface area (Å²) in [5.41, 5.74) is 1.37. The maximum atomic E-state index is 3.44. The van der Waals surface area contributed by atoms with Crippen LogP contribution in [0.2, 0.25) is 0 Å². The lowest BCUT2D eigenvalue weighted by molar-refractivity contribution is -0.490. The number of allylic oxidation sites excluding steroid dienone is 1. The third-order valence-corrected chi connectivity index (χ3v) is 2.51. The molecule has 0 aromatic heterocycles. The van der Waals surface area contributed by atoms with Crippen molar-refractivity contribution < 1.29 is 4.58 Å². The zero-order chi connectivity index (χ0) is 7.68. The summed E-state index contributed by atoms with van der Waals surface area (Å²) in [5, 5.41) is 3.44. The number of hydrogen-bond donors (Lipinski definition) is 1. The van der Waals surface area contributed by atoms with Crippen LogP contribution < -0.4 is 5.32 Å². The Labute approximate surface area is 67.6 Å². The molecule has 0 radical (unpaired) electrons. The quantitative estimate of drug-likeness (QED) is 0.554. The Morgan fingerprint density at radius 3 is 3.45 bits per heavy atom.